The highest BCUT2D eigenvalue weighted by Gasteiger charge is 2.13. The van der Waals surface area contributed by atoms with Gasteiger partial charge in [-0.1, -0.05) is 41.9 Å². The van der Waals surface area contributed by atoms with Crippen LogP contribution < -0.4 is 5.46 Å². The first-order valence-corrected chi connectivity index (χ1v) is 4.87. The van der Waals surface area contributed by atoms with Gasteiger partial charge in [-0.2, -0.15) is 0 Å². The first kappa shape index (κ1) is 10.5. The van der Waals surface area contributed by atoms with Crippen LogP contribution in [-0.4, -0.2) is 18.7 Å². The number of ketones is 1. The van der Waals surface area contributed by atoms with Crippen LogP contribution in [0, 0.1) is 0 Å². The molecule has 2 aromatic carbocycles. The average Bonchev–Trinajstić information content (AvgIpc) is 2.29. The van der Waals surface area contributed by atoms with E-state index in [1.54, 1.807) is 42.5 Å². The van der Waals surface area contributed by atoms with Gasteiger partial charge in [-0.15, -0.1) is 0 Å². The monoisotopic (exact) mass is 208 g/mol. The fourth-order valence-corrected chi connectivity index (χ4v) is 1.51. The molecule has 0 atom stereocenters. The van der Waals surface area contributed by atoms with Gasteiger partial charge in [0.1, 0.15) is 13.6 Å². The van der Waals surface area contributed by atoms with Crippen molar-refractivity contribution in [1.29, 1.82) is 0 Å². The molecule has 2 aromatic rings. The van der Waals surface area contributed by atoms with E-state index in [1.807, 2.05) is 0 Å². The molecule has 0 aliphatic carbocycles. The maximum absolute atomic E-state index is 12.0. The Kier molecular flexibility index (Phi) is 2.77. The van der Waals surface area contributed by atoms with Crippen LogP contribution in [0.4, 0.5) is 0 Å². The standard InChI is InChI=1S/C13H9BO2/c14-11-7-3-1-5-9(11)13(16)10-6-2-4-8-12(10)15/h1-8,15H. The molecule has 0 aromatic heterocycles. The van der Waals surface area contributed by atoms with Crippen molar-refractivity contribution in [3.05, 3.63) is 59.7 Å². The van der Waals surface area contributed by atoms with E-state index in [-0.39, 0.29) is 17.1 Å². The van der Waals surface area contributed by atoms with Gasteiger partial charge in [0.15, 0.2) is 5.78 Å². The zero-order chi connectivity index (χ0) is 11.5. The molecule has 0 saturated heterocycles. The molecule has 3 heteroatoms. The van der Waals surface area contributed by atoms with Gasteiger partial charge < -0.3 is 5.11 Å². The first-order valence-electron chi connectivity index (χ1n) is 4.87. The van der Waals surface area contributed by atoms with Crippen LogP contribution >= 0.6 is 0 Å². The molecule has 2 nitrogen and oxygen atoms in total. The maximum Gasteiger partial charge on any atom is 0.196 e. The summed E-state index contributed by atoms with van der Waals surface area (Å²) in [6, 6.07) is 13.2. The second-order valence-electron chi connectivity index (χ2n) is 3.43. The maximum atomic E-state index is 12.0. The number of hydrogen-bond acceptors (Lipinski definition) is 2. The number of carbonyl (C=O) groups is 1. The number of carbonyl (C=O) groups excluding carboxylic acids is 1. The first-order chi connectivity index (χ1) is 7.70. The summed E-state index contributed by atoms with van der Waals surface area (Å²) in [5, 5.41) is 9.57. The highest BCUT2D eigenvalue weighted by atomic mass is 16.3. The molecule has 0 fully saturated rings. The molecule has 0 heterocycles. The van der Waals surface area contributed by atoms with E-state index in [0.717, 1.165) is 0 Å². The molecule has 0 saturated carbocycles. The summed E-state index contributed by atoms with van der Waals surface area (Å²) >= 11 is 0. The highest BCUT2D eigenvalue weighted by Crippen LogP contribution is 2.18. The Bertz CT molecular complexity index is 487. The lowest BCUT2D eigenvalue weighted by Gasteiger charge is -2.06. The molecular weight excluding hydrogens is 199 g/mol. The third-order valence-electron chi connectivity index (χ3n) is 2.35. The van der Waals surface area contributed by atoms with Crippen LogP contribution in [0.3, 0.4) is 0 Å². The molecule has 0 aliphatic heterocycles. The van der Waals surface area contributed by atoms with Crippen molar-refractivity contribution < 1.29 is 9.90 Å². The molecular formula is C13H9BO2. The quantitative estimate of drug-likeness (QED) is 0.598. The Hall–Kier alpha value is -2.03. The van der Waals surface area contributed by atoms with Gasteiger partial charge in [0.05, 0.1) is 5.56 Å². The highest BCUT2D eigenvalue weighted by molar-refractivity contribution is 6.37. The number of benzene rings is 2. The van der Waals surface area contributed by atoms with Crippen molar-refractivity contribution >= 4 is 19.1 Å². The Morgan fingerprint density at radius 3 is 2.12 bits per heavy atom. The summed E-state index contributed by atoms with van der Waals surface area (Å²) in [7, 11) is 5.71. The summed E-state index contributed by atoms with van der Waals surface area (Å²) < 4.78 is 0. The Balaban J connectivity index is 2.48. The van der Waals surface area contributed by atoms with Crippen LogP contribution in [0.5, 0.6) is 5.75 Å². The fraction of sp³-hybridized carbons (Fsp3) is 0. The zero-order valence-electron chi connectivity index (χ0n) is 8.55. The van der Waals surface area contributed by atoms with Gasteiger partial charge >= 0.3 is 0 Å². The van der Waals surface area contributed by atoms with Crippen LogP contribution in [0.25, 0.3) is 0 Å². The summed E-state index contributed by atoms with van der Waals surface area (Å²) in [4.78, 5) is 12.0. The molecule has 16 heavy (non-hydrogen) atoms. The molecule has 2 radical (unpaired) electrons. The van der Waals surface area contributed by atoms with Gasteiger partial charge in [-0.25, -0.2) is 0 Å². The Labute approximate surface area is 95.0 Å². The van der Waals surface area contributed by atoms with Crippen LogP contribution in [0.15, 0.2) is 48.5 Å². The van der Waals surface area contributed by atoms with Crippen molar-refractivity contribution in [3.8, 4) is 5.75 Å². The average molecular weight is 208 g/mol. The van der Waals surface area contributed by atoms with E-state index in [4.69, 9.17) is 7.85 Å². The molecule has 0 aliphatic rings. The van der Waals surface area contributed by atoms with E-state index in [1.165, 1.54) is 6.07 Å². The van der Waals surface area contributed by atoms with Crippen molar-refractivity contribution in [2.24, 2.45) is 0 Å². The van der Waals surface area contributed by atoms with E-state index < -0.39 is 0 Å². The second-order valence-corrected chi connectivity index (χ2v) is 3.43. The van der Waals surface area contributed by atoms with E-state index in [2.05, 4.69) is 0 Å². The van der Waals surface area contributed by atoms with Crippen molar-refractivity contribution in [1.82, 2.24) is 0 Å². The van der Waals surface area contributed by atoms with Crippen molar-refractivity contribution in [2.45, 2.75) is 0 Å². The van der Waals surface area contributed by atoms with Crippen LogP contribution in [-0.2, 0) is 0 Å². The summed E-state index contributed by atoms with van der Waals surface area (Å²) in [5.74, 6) is -0.299. The summed E-state index contributed by atoms with van der Waals surface area (Å²) in [6.45, 7) is 0. The molecule has 1 N–H and O–H groups in total. The summed E-state index contributed by atoms with van der Waals surface area (Å²) in [6.07, 6.45) is 0. The fourth-order valence-electron chi connectivity index (χ4n) is 1.51. The number of para-hydroxylation sites is 1. The minimum absolute atomic E-state index is 0.0317. The molecule has 2 rings (SSSR count). The van der Waals surface area contributed by atoms with Crippen molar-refractivity contribution in [2.75, 3.05) is 0 Å². The molecule has 0 amide bonds. The third kappa shape index (κ3) is 1.84. The number of phenols is 1. The minimum Gasteiger partial charge on any atom is -0.507 e. The number of hydrogen-bond donors (Lipinski definition) is 1. The van der Waals surface area contributed by atoms with Gasteiger partial charge in [-0.3, -0.25) is 4.79 Å². The lowest BCUT2D eigenvalue weighted by Crippen LogP contribution is -2.16. The van der Waals surface area contributed by atoms with Gasteiger partial charge in [-0.05, 0) is 12.1 Å². The molecule has 0 unspecified atom stereocenters. The number of aromatic hydroxyl groups is 1. The normalized spacial score (nSPS) is 10.0. The van der Waals surface area contributed by atoms with Crippen LogP contribution in [0.1, 0.15) is 15.9 Å². The van der Waals surface area contributed by atoms with Gasteiger partial charge in [0, 0.05) is 5.56 Å². The number of phenolic OH excluding ortho intramolecular Hbond substituents is 1. The Morgan fingerprint density at radius 1 is 0.938 bits per heavy atom. The van der Waals surface area contributed by atoms with Gasteiger partial charge in [0.25, 0.3) is 0 Å². The predicted octanol–water partition coefficient (Wildman–Crippen LogP) is 1.42. The minimum atomic E-state index is -0.267. The molecule has 0 spiro atoms. The lowest BCUT2D eigenvalue weighted by atomic mass is 9.87. The summed E-state index contributed by atoms with van der Waals surface area (Å²) in [5.41, 5.74) is 1.08. The van der Waals surface area contributed by atoms with Crippen LogP contribution in [0.2, 0.25) is 0 Å². The zero-order valence-corrected chi connectivity index (χ0v) is 8.55. The van der Waals surface area contributed by atoms with E-state index >= 15 is 0 Å². The van der Waals surface area contributed by atoms with E-state index in [9.17, 15) is 9.90 Å². The molecule has 0 bridgehead atoms. The SMILES string of the molecule is [B]c1ccccc1C(=O)c1ccccc1O. The van der Waals surface area contributed by atoms with Gasteiger partial charge in [0.2, 0.25) is 0 Å². The molecule has 76 valence electrons. The smallest absolute Gasteiger partial charge is 0.196 e. The third-order valence-corrected chi connectivity index (χ3v) is 2.35. The largest absolute Gasteiger partial charge is 0.507 e. The Morgan fingerprint density at radius 2 is 1.50 bits per heavy atom. The predicted molar refractivity (Wildman–Crippen MR) is 63.4 cm³/mol. The number of rotatable bonds is 2. The topological polar surface area (TPSA) is 37.3 Å². The lowest BCUT2D eigenvalue weighted by molar-refractivity contribution is 0.103. The van der Waals surface area contributed by atoms with Crippen molar-refractivity contribution in [3.63, 3.8) is 0 Å². The second kappa shape index (κ2) is 4.23. The van der Waals surface area contributed by atoms with E-state index in [0.29, 0.717) is 11.0 Å².